The molecule has 0 spiro atoms. The Labute approximate surface area is 87.1 Å². The number of quaternary nitrogens is 1. The molecular formula is C11H23N2O+. The van der Waals surface area contributed by atoms with E-state index in [4.69, 9.17) is 0 Å². The van der Waals surface area contributed by atoms with Gasteiger partial charge in [0.25, 0.3) is 0 Å². The zero-order valence-electron chi connectivity index (χ0n) is 9.84. The summed E-state index contributed by atoms with van der Waals surface area (Å²) in [6, 6.07) is 0.699. The third-order valence-corrected chi connectivity index (χ3v) is 3.23. The van der Waals surface area contributed by atoms with Gasteiger partial charge in [0.05, 0.1) is 19.1 Å². The molecule has 82 valence electrons. The second kappa shape index (κ2) is 4.78. The first kappa shape index (κ1) is 11.5. The van der Waals surface area contributed by atoms with Gasteiger partial charge in [-0.2, -0.15) is 0 Å². The van der Waals surface area contributed by atoms with E-state index < -0.39 is 0 Å². The van der Waals surface area contributed by atoms with Crippen LogP contribution in [0.1, 0.15) is 26.7 Å². The van der Waals surface area contributed by atoms with E-state index >= 15 is 0 Å². The van der Waals surface area contributed by atoms with Crippen LogP contribution in [0.3, 0.4) is 0 Å². The fraction of sp³-hybridized carbons (Fsp3) is 0.909. The predicted octanol–water partition coefficient (Wildman–Crippen LogP) is -0.222. The van der Waals surface area contributed by atoms with Crippen molar-refractivity contribution in [1.82, 2.24) is 4.90 Å². The highest BCUT2D eigenvalue weighted by Gasteiger charge is 2.29. The summed E-state index contributed by atoms with van der Waals surface area (Å²) in [7, 11) is 3.70. The van der Waals surface area contributed by atoms with E-state index in [0.717, 1.165) is 25.9 Å². The normalized spacial score (nSPS) is 27.8. The van der Waals surface area contributed by atoms with Crippen LogP contribution in [0, 0.1) is 5.92 Å². The van der Waals surface area contributed by atoms with Crippen molar-refractivity contribution in [1.29, 1.82) is 0 Å². The van der Waals surface area contributed by atoms with Crippen molar-refractivity contribution >= 4 is 5.91 Å². The minimum absolute atomic E-state index is 0.285. The number of hydrogen-bond donors (Lipinski definition) is 1. The van der Waals surface area contributed by atoms with E-state index in [1.807, 2.05) is 14.1 Å². The molecule has 0 bridgehead atoms. The zero-order chi connectivity index (χ0) is 10.7. The molecule has 0 saturated carbocycles. The summed E-state index contributed by atoms with van der Waals surface area (Å²) in [5.41, 5.74) is 0. The second-order valence-corrected chi connectivity index (χ2v) is 4.82. The first-order valence-corrected chi connectivity index (χ1v) is 5.58. The van der Waals surface area contributed by atoms with Crippen LogP contribution in [-0.4, -0.2) is 44.0 Å². The van der Waals surface area contributed by atoms with Crippen LogP contribution >= 0.6 is 0 Å². The van der Waals surface area contributed by atoms with Crippen molar-refractivity contribution in [3.8, 4) is 0 Å². The van der Waals surface area contributed by atoms with E-state index in [1.165, 1.54) is 0 Å². The van der Waals surface area contributed by atoms with Gasteiger partial charge in [0.15, 0.2) is 0 Å². The number of rotatable bonds is 2. The molecule has 0 atom stereocenters. The van der Waals surface area contributed by atoms with Crippen molar-refractivity contribution in [2.75, 3.05) is 27.2 Å². The van der Waals surface area contributed by atoms with Crippen molar-refractivity contribution in [3.05, 3.63) is 0 Å². The molecule has 0 aromatic carbocycles. The van der Waals surface area contributed by atoms with Crippen molar-refractivity contribution < 1.29 is 9.69 Å². The standard InChI is InChI=1S/C11H22N2O/c1-9(2)13-7-5-10(6-8-13)11(14)12(3)4/h9-10H,5-8H2,1-4H3/p+1. The maximum absolute atomic E-state index is 11.7. The summed E-state index contributed by atoms with van der Waals surface area (Å²) in [6.45, 7) is 6.82. The molecule has 1 N–H and O–H groups in total. The van der Waals surface area contributed by atoms with Gasteiger partial charge in [0, 0.05) is 32.9 Å². The quantitative estimate of drug-likeness (QED) is 0.653. The van der Waals surface area contributed by atoms with E-state index in [2.05, 4.69) is 13.8 Å². The molecule has 0 aromatic rings. The molecule has 14 heavy (non-hydrogen) atoms. The van der Waals surface area contributed by atoms with Gasteiger partial charge in [0.1, 0.15) is 0 Å². The number of carbonyl (C=O) groups excluding carboxylic acids is 1. The predicted molar refractivity (Wildman–Crippen MR) is 57.3 cm³/mol. The van der Waals surface area contributed by atoms with Gasteiger partial charge < -0.3 is 9.80 Å². The average molecular weight is 199 g/mol. The van der Waals surface area contributed by atoms with E-state index in [-0.39, 0.29) is 5.92 Å². The van der Waals surface area contributed by atoms with Crippen LogP contribution in [0.4, 0.5) is 0 Å². The first-order chi connectivity index (χ1) is 6.52. The topological polar surface area (TPSA) is 24.8 Å². The third-order valence-electron chi connectivity index (χ3n) is 3.23. The van der Waals surface area contributed by atoms with Crippen LogP contribution in [-0.2, 0) is 4.79 Å². The summed E-state index contributed by atoms with van der Waals surface area (Å²) in [6.07, 6.45) is 2.12. The summed E-state index contributed by atoms with van der Waals surface area (Å²) >= 11 is 0. The lowest BCUT2D eigenvalue weighted by atomic mass is 9.95. The van der Waals surface area contributed by atoms with Gasteiger partial charge in [-0.15, -0.1) is 0 Å². The Bertz CT molecular complexity index is 193. The maximum atomic E-state index is 11.7. The Morgan fingerprint density at radius 1 is 1.29 bits per heavy atom. The molecule has 0 aliphatic carbocycles. The highest BCUT2D eigenvalue weighted by Crippen LogP contribution is 2.11. The Morgan fingerprint density at radius 3 is 2.14 bits per heavy atom. The zero-order valence-corrected chi connectivity index (χ0v) is 9.84. The fourth-order valence-electron chi connectivity index (χ4n) is 2.18. The number of nitrogens with one attached hydrogen (secondary N) is 1. The summed E-state index contributed by atoms with van der Waals surface area (Å²) in [4.78, 5) is 15.1. The highest BCUT2D eigenvalue weighted by molar-refractivity contribution is 5.78. The molecule has 1 saturated heterocycles. The van der Waals surface area contributed by atoms with Gasteiger partial charge >= 0.3 is 0 Å². The summed E-state index contributed by atoms with van der Waals surface area (Å²) in [5, 5.41) is 0. The molecule has 0 aromatic heterocycles. The van der Waals surface area contributed by atoms with Gasteiger partial charge in [-0.25, -0.2) is 0 Å². The van der Waals surface area contributed by atoms with E-state index in [0.29, 0.717) is 11.9 Å². The second-order valence-electron chi connectivity index (χ2n) is 4.82. The van der Waals surface area contributed by atoms with Crippen LogP contribution in [0.15, 0.2) is 0 Å². The van der Waals surface area contributed by atoms with Crippen molar-refractivity contribution in [3.63, 3.8) is 0 Å². The lowest BCUT2D eigenvalue weighted by molar-refractivity contribution is -0.926. The smallest absolute Gasteiger partial charge is 0.225 e. The molecule has 1 aliphatic rings. The average Bonchev–Trinajstić information content (AvgIpc) is 2.16. The van der Waals surface area contributed by atoms with E-state index in [9.17, 15) is 4.79 Å². The summed E-state index contributed by atoms with van der Waals surface area (Å²) < 4.78 is 0. The first-order valence-electron chi connectivity index (χ1n) is 5.58. The van der Waals surface area contributed by atoms with Crippen LogP contribution in [0.5, 0.6) is 0 Å². The SMILES string of the molecule is CC(C)[NH+]1CCC(C(=O)N(C)C)CC1. The van der Waals surface area contributed by atoms with Crippen LogP contribution in [0.25, 0.3) is 0 Å². The Kier molecular flexibility index (Phi) is 3.93. The Hall–Kier alpha value is -0.570. The lowest BCUT2D eigenvalue weighted by Crippen LogP contribution is -3.16. The summed E-state index contributed by atoms with van der Waals surface area (Å²) in [5.74, 6) is 0.598. The van der Waals surface area contributed by atoms with Crippen molar-refractivity contribution in [2.24, 2.45) is 5.92 Å². The van der Waals surface area contributed by atoms with Gasteiger partial charge in [-0.3, -0.25) is 4.79 Å². The molecule has 0 unspecified atom stereocenters. The molecule has 0 radical (unpaired) electrons. The maximum Gasteiger partial charge on any atom is 0.225 e. The molecule has 1 heterocycles. The minimum Gasteiger partial charge on any atom is -0.349 e. The van der Waals surface area contributed by atoms with Crippen molar-refractivity contribution in [2.45, 2.75) is 32.7 Å². The number of hydrogen-bond acceptors (Lipinski definition) is 1. The molecule has 1 amide bonds. The van der Waals surface area contributed by atoms with Gasteiger partial charge in [-0.05, 0) is 13.8 Å². The third kappa shape index (κ3) is 2.71. The number of likely N-dealkylation sites (tertiary alicyclic amines) is 1. The number of nitrogens with zero attached hydrogens (tertiary/aromatic N) is 1. The van der Waals surface area contributed by atoms with Crippen LogP contribution < -0.4 is 4.90 Å². The van der Waals surface area contributed by atoms with Gasteiger partial charge in [-0.1, -0.05) is 0 Å². The number of piperidine rings is 1. The van der Waals surface area contributed by atoms with Crippen LogP contribution in [0.2, 0.25) is 0 Å². The molecule has 3 nitrogen and oxygen atoms in total. The molecule has 1 rings (SSSR count). The van der Waals surface area contributed by atoms with Gasteiger partial charge in [0.2, 0.25) is 5.91 Å². The van der Waals surface area contributed by atoms with E-state index in [1.54, 1.807) is 9.80 Å². The lowest BCUT2D eigenvalue weighted by Gasteiger charge is -2.32. The Morgan fingerprint density at radius 2 is 1.79 bits per heavy atom. The number of carbonyl (C=O) groups is 1. The largest absolute Gasteiger partial charge is 0.349 e. The fourth-order valence-corrected chi connectivity index (χ4v) is 2.18. The Balaban J connectivity index is 2.39. The minimum atomic E-state index is 0.285. The number of amides is 1. The molecule has 1 aliphatic heterocycles. The molecule has 3 heteroatoms. The molecule has 1 fully saturated rings. The highest BCUT2D eigenvalue weighted by atomic mass is 16.2. The molecular weight excluding hydrogens is 176 g/mol. The monoisotopic (exact) mass is 199 g/mol.